The number of rotatable bonds is 6. The molecule has 0 aromatic heterocycles. The predicted molar refractivity (Wildman–Crippen MR) is 69.2 cm³/mol. The zero-order valence-corrected chi connectivity index (χ0v) is 11.3. The lowest BCUT2D eigenvalue weighted by atomic mass is 9.75. The summed E-state index contributed by atoms with van der Waals surface area (Å²) in [5, 5.41) is 11.6. The average Bonchev–Trinajstić information content (AvgIpc) is 2.34. The smallest absolute Gasteiger partial charge is 0.326 e. The Balaban J connectivity index is 2.59. The summed E-state index contributed by atoms with van der Waals surface area (Å²) in [6.07, 6.45) is 4.64. The van der Waals surface area contributed by atoms with Crippen LogP contribution in [0.25, 0.3) is 0 Å². The molecule has 0 aromatic carbocycles. The van der Waals surface area contributed by atoms with E-state index in [1.54, 1.807) is 0 Å². The maximum atomic E-state index is 12.2. The van der Waals surface area contributed by atoms with Crippen molar-refractivity contribution in [2.45, 2.75) is 57.9 Å². The molecule has 2 amide bonds. The molecule has 1 atom stereocenters. The van der Waals surface area contributed by atoms with Crippen molar-refractivity contribution < 1.29 is 19.5 Å². The van der Waals surface area contributed by atoms with Crippen LogP contribution in [-0.2, 0) is 14.4 Å². The number of aliphatic carboxylic acids is 1. The number of nitrogens with one attached hydrogen (secondary N) is 1. The summed E-state index contributed by atoms with van der Waals surface area (Å²) in [6, 6.07) is -1.04. The zero-order valence-electron chi connectivity index (χ0n) is 11.3. The van der Waals surface area contributed by atoms with Crippen LogP contribution in [0.5, 0.6) is 0 Å². The number of carbonyl (C=O) groups is 3. The van der Waals surface area contributed by atoms with E-state index in [-0.39, 0.29) is 18.7 Å². The van der Waals surface area contributed by atoms with Gasteiger partial charge in [0.25, 0.3) is 0 Å². The molecule has 0 saturated heterocycles. The lowest BCUT2D eigenvalue weighted by molar-refractivity contribution is -0.144. The highest BCUT2D eigenvalue weighted by atomic mass is 16.4. The van der Waals surface area contributed by atoms with E-state index in [1.165, 1.54) is 0 Å². The van der Waals surface area contributed by atoms with E-state index in [4.69, 9.17) is 10.8 Å². The molecule has 108 valence electrons. The summed E-state index contributed by atoms with van der Waals surface area (Å²) in [4.78, 5) is 34.0. The molecule has 1 saturated carbocycles. The van der Waals surface area contributed by atoms with Crippen LogP contribution in [-0.4, -0.2) is 28.9 Å². The third-order valence-corrected chi connectivity index (χ3v) is 3.79. The van der Waals surface area contributed by atoms with Crippen LogP contribution in [0.2, 0.25) is 0 Å². The van der Waals surface area contributed by atoms with Crippen molar-refractivity contribution in [1.82, 2.24) is 5.32 Å². The fourth-order valence-corrected chi connectivity index (χ4v) is 2.44. The van der Waals surface area contributed by atoms with Gasteiger partial charge < -0.3 is 16.2 Å². The van der Waals surface area contributed by atoms with Crippen LogP contribution in [0.1, 0.15) is 51.9 Å². The number of primary amides is 1. The molecule has 6 nitrogen and oxygen atoms in total. The van der Waals surface area contributed by atoms with Crippen LogP contribution in [0.3, 0.4) is 0 Å². The zero-order chi connectivity index (χ0) is 14.5. The summed E-state index contributed by atoms with van der Waals surface area (Å²) < 4.78 is 0. The Morgan fingerprint density at radius 3 is 2.32 bits per heavy atom. The van der Waals surface area contributed by atoms with E-state index in [2.05, 4.69) is 5.32 Å². The first-order valence-electron chi connectivity index (χ1n) is 6.67. The Hall–Kier alpha value is -1.59. The molecule has 0 heterocycles. The van der Waals surface area contributed by atoms with E-state index in [0.29, 0.717) is 0 Å². The van der Waals surface area contributed by atoms with Gasteiger partial charge in [0.1, 0.15) is 6.04 Å². The van der Waals surface area contributed by atoms with Crippen LogP contribution >= 0.6 is 0 Å². The number of amides is 2. The Morgan fingerprint density at radius 1 is 1.26 bits per heavy atom. The Bertz CT molecular complexity index is 362. The van der Waals surface area contributed by atoms with Crippen molar-refractivity contribution in [2.75, 3.05) is 0 Å². The predicted octanol–water partition coefficient (Wildman–Crippen LogP) is 0.792. The van der Waals surface area contributed by atoms with Crippen molar-refractivity contribution in [3.63, 3.8) is 0 Å². The van der Waals surface area contributed by atoms with Gasteiger partial charge in [-0.15, -0.1) is 0 Å². The Morgan fingerprint density at radius 2 is 1.84 bits per heavy atom. The minimum absolute atomic E-state index is 0.0342. The summed E-state index contributed by atoms with van der Waals surface area (Å²) in [7, 11) is 0. The number of carbonyl (C=O) groups excluding carboxylic acids is 2. The molecular weight excluding hydrogens is 248 g/mol. The molecule has 0 bridgehead atoms. The van der Waals surface area contributed by atoms with E-state index < -0.39 is 23.3 Å². The molecule has 0 radical (unpaired) electrons. The third kappa shape index (κ3) is 4.54. The molecule has 0 spiro atoms. The fourth-order valence-electron chi connectivity index (χ4n) is 2.44. The average molecular weight is 270 g/mol. The van der Waals surface area contributed by atoms with Gasteiger partial charge in [-0.2, -0.15) is 0 Å². The van der Waals surface area contributed by atoms with Gasteiger partial charge in [0.05, 0.1) is 0 Å². The minimum Gasteiger partial charge on any atom is -0.480 e. The molecule has 19 heavy (non-hydrogen) atoms. The minimum atomic E-state index is -1.13. The molecule has 4 N–H and O–H groups in total. The Kier molecular flexibility index (Phi) is 5.32. The molecule has 0 aromatic rings. The van der Waals surface area contributed by atoms with Gasteiger partial charge in [-0.25, -0.2) is 4.79 Å². The maximum Gasteiger partial charge on any atom is 0.326 e. The Labute approximate surface area is 112 Å². The second-order valence-corrected chi connectivity index (χ2v) is 5.49. The summed E-state index contributed by atoms with van der Waals surface area (Å²) in [6.45, 7) is 1.87. The van der Waals surface area contributed by atoms with Crippen LogP contribution in [0, 0.1) is 5.41 Å². The van der Waals surface area contributed by atoms with Gasteiger partial charge in [-0.3, -0.25) is 9.59 Å². The first-order chi connectivity index (χ1) is 8.85. The highest BCUT2D eigenvalue weighted by Crippen LogP contribution is 2.35. The van der Waals surface area contributed by atoms with Crippen molar-refractivity contribution in [3.8, 4) is 0 Å². The molecule has 0 aliphatic heterocycles. The molecule has 0 unspecified atom stereocenters. The lowest BCUT2D eigenvalue weighted by Gasteiger charge is -2.33. The molecular formula is C13H22N2O4. The van der Waals surface area contributed by atoms with Crippen LogP contribution in [0.4, 0.5) is 0 Å². The molecule has 1 aliphatic rings. The van der Waals surface area contributed by atoms with Crippen molar-refractivity contribution in [3.05, 3.63) is 0 Å². The van der Waals surface area contributed by atoms with Gasteiger partial charge in [0.2, 0.25) is 11.8 Å². The van der Waals surface area contributed by atoms with Crippen molar-refractivity contribution >= 4 is 17.8 Å². The SMILES string of the molecule is CC1(C(=O)N[C@@H](CCC(N)=O)C(=O)O)CCCCC1. The number of carboxylic acids is 1. The topological polar surface area (TPSA) is 109 Å². The normalized spacial score (nSPS) is 19.4. The highest BCUT2D eigenvalue weighted by Gasteiger charge is 2.36. The number of carboxylic acid groups (broad SMARTS) is 1. The van der Waals surface area contributed by atoms with Crippen LogP contribution < -0.4 is 11.1 Å². The molecule has 6 heteroatoms. The molecule has 1 aliphatic carbocycles. The fraction of sp³-hybridized carbons (Fsp3) is 0.769. The highest BCUT2D eigenvalue weighted by molar-refractivity contribution is 5.87. The van der Waals surface area contributed by atoms with Gasteiger partial charge >= 0.3 is 5.97 Å². The number of nitrogens with two attached hydrogens (primary N) is 1. The number of hydrogen-bond donors (Lipinski definition) is 3. The quantitative estimate of drug-likeness (QED) is 0.662. The first kappa shape index (κ1) is 15.5. The standard InChI is InChI=1S/C13H22N2O4/c1-13(7-3-2-4-8-13)12(19)15-9(11(17)18)5-6-10(14)16/h9H,2-8H2,1H3,(H2,14,16)(H,15,19)(H,17,18)/t9-/m0/s1. The summed E-state index contributed by atoms with van der Waals surface area (Å²) in [5.41, 5.74) is 4.51. The second-order valence-electron chi connectivity index (χ2n) is 5.49. The largest absolute Gasteiger partial charge is 0.480 e. The molecule has 1 rings (SSSR count). The van der Waals surface area contributed by atoms with Gasteiger partial charge in [0, 0.05) is 11.8 Å². The lowest BCUT2D eigenvalue weighted by Crippen LogP contribution is -2.48. The van der Waals surface area contributed by atoms with Crippen LogP contribution in [0.15, 0.2) is 0 Å². The van der Waals surface area contributed by atoms with Crippen molar-refractivity contribution in [2.24, 2.45) is 11.1 Å². The molecule has 1 fully saturated rings. The van der Waals surface area contributed by atoms with Crippen molar-refractivity contribution in [1.29, 1.82) is 0 Å². The monoisotopic (exact) mass is 270 g/mol. The van der Waals surface area contributed by atoms with E-state index >= 15 is 0 Å². The van der Waals surface area contributed by atoms with E-state index in [1.807, 2.05) is 6.92 Å². The first-order valence-corrected chi connectivity index (χ1v) is 6.67. The van der Waals surface area contributed by atoms with Gasteiger partial charge in [-0.05, 0) is 19.3 Å². The van der Waals surface area contributed by atoms with E-state index in [0.717, 1.165) is 32.1 Å². The summed E-state index contributed by atoms with van der Waals surface area (Å²) >= 11 is 0. The third-order valence-electron chi connectivity index (χ3n) is 3.79. The van der Waals surface area contributed by atoms with E-state index in [9.17, 15) is 14.4 Å². The summed E-state index contributed by atoms with van der Waals surface area (Å²) in [5.74, 6) is -1.93. The second kappa shape index (κ2) is 6.54. The van der Waals surface area contributed by atoms with Gasteiger partial charge in [0.15, 0.2) is 0 Å². The number of hydrogen-bond acceptors (Lipinski definition) is 3. The van der Waals surface area contributed by atoms with Gasteiger partial charge in [-0.1, -0.05) is 26.2 Å². The maximum absolute atomic E-state index is 12.2.